The summed E-state index contributed by atoms with van der Waals surface area (Å²) in [6.45, 7) is 4.02. The van der Waals surface area contributed by atoms with Crippen LogP contribution >= 0.6 is 0 Å². The molecule has 5 heteroatoms. The molecule has 0 aliphatic carbocycles. The molecule has 1 atom stereocenters. The Morgan fingerprint density at radius 3 is 2.85 bits per heavy atom. The quantitative estimate of drug-likeness (QED) is 0.584. The summed E-state index contributed by atoms with van der Waals surface area (Å²) in [5.74, 6) is -0.115. The fraction of sp³-hybridized carbons (Fsp3) is 0.143. The van der Waals surface area contributed by atoms with Crippen molar-refractivity contribution in [3.05, 3.63) is 83.8 Å². The number of amides is 1. The third-order valence-corrected chi connectivity index (χ3v) is 4.51. The molecule has 0 radical (unpaired) electrons. The number of aryl methyl sites for hydroxylation is 1. The minimum atomic E-state index is -0.119. The highest BCUT2D eigenvalue weighted by molar-refractivity contribution is 5.98. The minimum absolute atomic E-state index is 0.115. The normalized spacial score (nSPS) is 12.2. The van der Waals surface area contributed by atoms with Gasteiger partial charge in [-0.15, -0.1) is 0 Å². The molecule has 130 valence electrons. The topological polar surface area (TPSA) is 62.7 Å². The number of carbonyl (C=O) groups is 1. The van der Waals surface area contributed by atoms with Crippen LogP contribution in [0.5, 0.6) is 0 Å². The predicted molar refractivity (Wildman–Crippen MR) is 102 cm³/mol. The number of rotatable bonds is 4. The Morgan fingerprint density at radius 1 is 1.15 bits per heavy atom. The molecule has 26 heavy (non-hydrogen) atoms. The summed E-state index contributed by atoms with van der Waals surface area (Å²) in [5.41, 5.74) is 4.70. The summed E-state index contributed by atoms with van der Waals surface area (Å²) in [6.07, 6.45) is 3.64. The van der Waals surface area contributed by atoms with E-state index < -0.39 is 0 Å². The molecule has 1 amide bonds. The number of hydrogen-bond donors (Lipinski definition) is 2. The van der Waals surface area contributed by atoms with Crippen molar-refractivity contribution in [2.45, 2.75) is 19.9 Å². The lowest BCUT2D eigenvalue weighted by atomic mass is 10.1. The van der Waals surface area contributed by atoms with E-state index in [2.05, 4.69) is 21.5 Å². The van der Waals surface area contributed by atoms with Crippen LogP contribution in [-0.4, -0.2) is 20.7 Å². The first kappa shape index (κ1) is 16.1. The molecule has 2 heterocycles. The number of nitrogens with zero attached hydrogens (tertiary/aromatic N) is 2. The van der Waals surface area contributed by atoms with Crippen molar-refractivity contribution >= 4 is 16.8 Å². The molecule has 0 fully saturated rings. The van der Waals surface area contributed by atoms with Crippen molar-refractivity contribution in [1.82, 2.24) is 20.1 Å². The van der Waals surface area contributed by atoms with Crippen molar-refractivity contribution in [2.24, 2.45) is 0 Å². The molecule has 1 unspecified atom stereocenters. The molecule has 5 nitrogen and oxygen atoms in total. The van der Waals surface area contributed by atoms with Crippen LogP contribution in [0.25, 0.3) is 16.6 Å². The van der Waals surface area contributed by atoms with Gasteiger partial charge in [0.05, 0.1) is 11.7 Å². The van der Waals surface area contributed by atoms with Crippen LogP contribution in [0.4, 0.5) is 0 Å². The predicted octanol–water partition coefficient (Wildman–Crippen LogP) is 4.15. The number of fused-ring (bicyclic) bond motifs is 1. The van der Waals surface area contributed by atoms with Crippen LogP contribution in [0.3, 0.4) is 0 Å². The Hall–Kier alpha value is -3.34. The standard InChI is InChI=1S/C21H20N4O/c1-14-7-8-19-17(11-14)13-20(24-19)21(26)23-15(2)16-5-3-6-18(12-16)25-10-4-9-22-25/h3-13,15,24H,1-2H3,(H,23,26). The maximum absolute atomic E-state index is 12.6. The highest BCUT2D eigenvalue weighted by Gasteiger charge is 2.14. The van der Waals surface area contributed by atoms with E-state index in [1.54, 1.807) is 10.9 Å². The van der Waals surface area contributed by atoms with Gasteiger partial charge in [-0.3, -0.25) is 4.79 Å². The van der Waals surface area contributed by atoms with Crippen molar-refractivity contribution in [1.29, 1.82) is 0 Å². The first-order chi connectivity index (χ1) is 12.6. The van der Waals surface area contributed by atoms with Gasteiger partial charge in [0.2, 0.25) is 0 Å². The number of hydrogen-bond acceptors (Lipinski definition) is 2. The van der Waals surface area contributed by atoms with Crippen LogP contribution in [0.1, 0.15) is 34.6 Å². The van der Waals surface area contributed by atoms with Crippen LogP contribution in [-0.2, 0) is 0 Å². The minimum Gasteiger partial charge on any atom is -0.351 e. The molecular weight excluding hydrogens is 324 g/mol. The van der Waals surface area contributed by atoms with Crippen molar-refractivity contribution < 1.29 is 4.79 Å². The first-order valence-corrected chi connectivity index (χ1v) is 8.60. The molecule has 0 aliphatic rings. The van der Waals surface area contributed by atoms with Gasteiger partial charge in [-0.25, -0.2) is 4.68 Å². The van der Waals surface area contributed by atoms with Crippen LogP contribution in [0.2, 0.25) is 0 Å². The number of H-pyrrole nitrogens is 1. The molecule has 0 spiro atoms. The van der Waals surface area contributed by atoms with Crippen molar-refractivity contribution in [2.75, 3.05) is 0 Å². The first-order valence-electron chi connectivity index (χ1n) is 8.60. The van der Waals surface area contributed by atoms with E-state index in [-0.39, 0.29) is 11.9 Å². The molecule has 2 aromatic heterocycles. The SMILES string of the molecule is Cc1ccc2[nH]c(C(=O)NC(C)c3cccc(-n4cccn4)c3)cc2c1. The van der Waals surface area contributed by atoms with Gasteiger partial charge in [0.15, 0.2) is 0 Å². The molecule has 0 aliphatic heterocycles. The molecule has 4 rings (SSSR count). The maximum Gasteiger partial charge on any atom is 0.268 e. The lowest BCUT2D eigenvalue weighted by Gasteiger charge is -2.15. The second-order valence-electron chi connectivity index (χ2n) is 6.51. The van der Waals surface area contributed by atoms with Gasteiger partial charge in [0, 0.05) is 23.3 Å². The van der Waals surface area contributed by atoms with Crippen LogP contribution in [0.15, 0.2) is 67.0 Å². The van der Waals surface area contributed by atoms with Gasteiger partial charge < -0.3 is 10.3 Å². The summed E-state index contributed by atoms with van der Waals surface area (Å²) in [7, 11) is 0. The lowest BCUT2D eigenvalue weighted by molar-refractivity contribution is 0.0935. The van der Waals surface area contributed by atoms with Crippen molar-refractivity contribution in [3.63, 3.8) is 0 Å². The number of nitrogens with one attached hydrogen (secondary N) is 2. The molecule has 0 bridgehead atoms. The fourth-order valence-electron chi connectivity index (χ4n) is 3.09. The van der Waals surface area contributed by atoms with E-state index in [1.165, 1.54) is 5.56 Å². The van der Waals surface area contributed by atoms with Gasteiger partial charge >= 0.3 is 0 Å². The summed E-state index contributed by atoms with van der Waals surface area (Å²) in [6, 6.07) is 17.8. The zero-order chi connectivity index (χ0) is 18.1. The van der Waals surface area contributed by atoms with E-state index >= 15 is 0 Å². The molecule has 4 aromatic rings. The molecule has 0 saturated carbocycles. The Kier molecular flexibility index (Phi) is 4.05. The van der Waals surface area contributed by atoms with E-state index in [0.717, 1.165) is 22.2 Å². The molecule has 2 N–H and O–H groups in total. The summed E-state index contributed by atoms with van der Waals surface area (Å²) in [5, 5.41) is 8.36. The largest absolute Gasteiger partial charge is 0.351 e. The van der Waals surface area contributed by atoms with E-state index in [0.29, 0.717) is 5.69 Å². The molecule has 0 saturated heterocycles. The zero-order valence-electron chi connectivity index (χ0n) is 14.7. The van der Waals surface area contributed by atoms with E-state index in [9.17, 15) is 4.79 Å². The fourth-order valence-corrected chi connectivity index (χ4v) is 3.09. The summed E-state index contributed by atoms with van der Waals surface area (Å²) < 4.78 is 1.80. The van der Waals surface area contributed by atoms with Gasteiger partial charge in [0.25, 0.3) is 5.91 Å². The van der Waals surface area contributed by atoms with Crippen LogP contribution < -0.4 is 5.32 Å². The third-order valence-electron chi connectivity index (χ3n) is 4.51. The Morgan fingerprint density at radius 2 is 2.04 bits per heavy atom. The summed E-state index contributed by atoms with van der Waals surface area (Å²) in [4.78, 5) is 15.8. The Bertz CT molecular complexity index is 1060. The van der Waals surface area contributed by atoms with E-state index in [4.69, 9.17) is 0 Å². The molecule has 2 aromatic carbocycles. The second-order valence-corrected chi connectivity index (χ2v) is 6.51. The smallest absolute Gasteiger partial charge is 0.268 e. The lowest BCUT2D eigenvalue weighted by Crippen LogP contribution is -2.27. The van der Waals surface area contributed by atoms with Crippen molar-refractivity contribution in [3.8, 4) is 5.69 Å². The molecular formula is C21H20N4O. The van der Waals surface area contributed by atoms with Gasteiger partial charge in [-0.05, 0) is 55.8 Å². The summed E-state index contributed by atoms with van der Waals surface area (Å²) >= 11 is 0. The highest BCUT2D eigenvalue weighted by Crippen LogP contribution is 2.19. The number of aromatic nitrogens is 3. The average Bonchev–Trinajstić information content (AvgIpc) is 3.31. The van der Waals surface area contributed by atoms with Crippen LogP contribution in [0, 0.1) is 6.92 Å². The Balaban J connectivity index is 1.54. The highest BCUT2D eigenvalue weighted by atomic mass is 16.1. The third kappa shape index (κ3) is 3.11. The number of aromatic amines is 1. The van der Waals surface area contributed by atoms with Gasteiger partial charge in [0.1, 0.15) is 5.69 Å². The zero-order valence-corrected chi connectivity index (χ0v) is 14.7. The second kappa shape index (κ2) is 6.52. The number of benzene rings is 2. The maximum atomic E-state index is 12.6. The van der Waals surface area contributed by atoms with Gasteiger partial charge in [-0.1, -0.05) is 23.8 Å². The van der Waals surface area contributed by atoms with Gasteiger partial charge in [-0.2, -0.15) is 5.10 Å². The van der Waals surface area contributed by atoms with E-state index in [1.807, 2.05) is 68.6 Å². The monoisotopic (exact) mass is 344 g/mol. The number of carbonyl (C=O) groups excluding carboxylic acids is 1. The Labute approximate surface area is 151 Å². The average molecular weight is 344 g/mol.